The van der Waals surface area contributed by atoms with Gasteiger partial charge in [0, 0.05) is 18.1 Å². The van der Waals surface area contributed by atoms with Crippen LogP contribution in [0.5, 0.6) is 5.75 Å². The summed E-state index contributed by atoms with van der Waals surface area (Å²) < 4.78 is 6.75. The molecule has 2 aliphatic rings. The molecule has 3 heteroatoms. The van der Waals surface area contributed by atoms with E-state index in [0.717, 1.165) is 16.8 Å². The molecule has 0 saturated heterocycles. The molecule has 0 aliphatic carbocycles. The molecule has 3 aromatic carbocycles. The second kappa shape index (κ2) is 5.13. The summed E-state index contributed by atoms with van der Waals surface area (Å²) in [5.41, 5.74) is 5.20. The van der Waals surface area contributed by atoms with Crippen molar-refractivity contribution >= 4 is 28.4 Å². The molecule has 27 heavy (non-hydrogen) atoms. The van der Waals surface area contributed by atoms with Crippen molar-refractivity contribution < 1.29 is 4.74 Å². The van der Waals surface area contributed by atoms with Gasteiger partial charge in [-0.15, -0.1) is 0 Å². The Labute approximate surface area is 160 Å². The van der Waals surface area contributed by atoms with Gasteiger partial charge in [-0.05, 0) is 61.9 Å². The number of aryl methyl sites for hydroxylation is 2. The van der Waals surface area contributed by atoms with Gasteiger partial charge in [-0.2, -0.15) is 0 Å². The zero-order valence-electron chi connectivity index (χ0n) is 16.5. The molecule has 2 aliphatic heterocycles. The van der Waals surface area contributed by atoms with Gasteiger partial charge in [0.05, 0.1) is 11.6 Å². The normalized spacial score (nSPS) is 22.0. The molecule has 3 nitrogen and oxygen atoms in total. The number of rotatable bonds is 0. The Hall–Kier alpha value is -2.81. The van der Waals surface area contributed by atoms with Crippen LogP contribution in [0.2, 0.25) is 0 Å². The van der Waals surface area contributed by atoms with Gasteiger partial charge < -0.3 is 9.64 Å². The zero-order chi connectivity index (χ0) is 19.0. The van der Waals surface area contributed by atoms with Crippen LogP contribution >= 0.6 is 0 Å². The number of anilines is 1. The molecule has 136 valence electrons. The highest BCUT2D eigenvalue weighted by Crippen LogP contribution is 2.54. The van der Waals surface area contributed by atoms with Crippen LogP contribution in [0.4, 0.5) is 11.4 Å². The highest BCUT2D eigenvalue weighted by molar-refractivity contribution is 5.99. The third kappa shape index (κ3) is 1.94. The van der Waals surface area contributed by atoms with Gasteiger partial charge >= 0.3 is 0 Å². The quantitative estimate of drug-likeness (QED) is 0.518. The van der Waals surface area contributed by atoms with Crippen LogP contribution in [-0.2, 0) is 5.41 Å². The highest BCUT2D eigenvalue weighted by Gasteiger charge is 2.58. The molecule has 0 amide bonds. The predicted molar refractivity (Wildman–Crippen MR) is 113 cm³/mol. The maximum atomic E-state index is 6.75. The van der Waals surface area contributed by atoms with E-state index in [1.54, 1.807) is 0 Å². The molecule has 0 aromatic heterocycles. The average Bonchev–Trinajstić information content (AvgIpc) is 2.81. The van der Waals surface area contributed by atoms with E-state index < -0.39 is 5.72 Å². The summed E-state index contributed by atoms with van der Waals surface area (Å²) in [6.07, 6.45) is 2.01. The number of fused-ring (bicyclic) bond motifs is 4. The third-order valence-corrected chi connectivity index (χ3v) is 6.54. The SMILES string of the molecule is Cc1cc2c(cc1C)C(C)(C)C1(C=Nc3c(ccc4ccccc34)O1)N2C. The van der Waals surface area contributed by atoms with Gasteiger partial charge in [-0.3, -0.25) is 4.99 Å². The molecule has 0 fully saturated rings. The van der Waals surface area contributed by atoms with Gasteiger partial charge in [0.2, 0.25) is 5.72 Å². The van der Waals surface area contributed by atoms with Crippen LogP contribution in [0.3, 0.4) is 0 Å². The van der Waals surface area contributed by atoms with E-state index in [2.05, 4.69) is 88.2 Å². The standard InChI is InChI=1S/C24H24N2O/c1-15-12-19-20(13-16(15)2)26(5)24(23(19,3)4)14-25-22-18-9-7-6-8-17(18)10-11-21(22)27-24/h6-14H,1-5H3. The topological polar surface area (TPSA) is 24.8 Å². The van der Waals surface area contributed by atoms with E-state index in [9.17, 15) is 0 Å². The Bertz CT molecular complexity index is 1130. The van der Waals surface area contributed by atoms with Crippen LogP contribution in [-0.4, -0.2) is 19.0 Å². The Morgan fingerprint density at radius 1 is 0.963 bits per heavy atom. The second-order valence-electron chi connectivity index (χ2n) is 8.33. The minimum Gasteiger partial charge on any atom is -0.459 e. The first-order valence-corrected chi connectivity index (χ1v) is 9.47. The smallest absolute Gasteiger partial charge is 0.228 e. The number of likely N-dealkylation sites (N-methyl/N-ethyl adjacent to an activating group) is 1. The van der Waals surface area contributed by atoms with E-state index in [1.807, 2.05) is 6.21 Å². The van der Waals surface area contributed by atoms with Crippen LogP contribution in [0.15, 0.2) is 53.5 Å². The highest BCUT2D eigenvalue weighted by atomic mass is 16.5. The lowest BCUT2D eigenvalue weighted by atomic mass is 9.77. The first-order chi connectivity index (χ1) is 12.8. The Morgan fingerprint density at radius 3 is 2.52 bits per heavy atom. The lowest BCUT2D eigenvalue weighted by molar-refractivity contribution is 0.0826. The maximum Gasteiger partial charge on any atom is 0.228 e. The molecule has 1 spiro atoms. The lowest BCUT2D eigenvalue weighted by Crippen LogP contribution is -2.61. The molecule has 2 heterocycles. The van der Waals surface area contributed by atoms with Crippen molar-refractivity contribution in [2.75, 3.05) is 11.9 Å². The number of nitrogens with zero attached hydrogens (tertiary/aromatic N) is 2. The Morgan fingerprint density at radius 2 is 1.70 bits per heavy atom. The number of benzene rings is 3. The fraction of sp³-hybridized carbons (Fsp3) is 0.292. The summed E-state index contributed by atoms with van der Waals surface area (Å²) in [7, 11) is 2.11. The molecule has 1 unspecified atom stereocenters. The first-order valence-electron chi connectivity index (χ1n) is 9.47. The molecule has 3 aromatic rings. The fourth-order valence-electron chi connectivity index (χ4n) is 4.61. The molecule has 0 N–H and O–H groups in total. The molecule has 0 bridgehead atoms. The second-order valence-corrected chi connectivity index (χ2v) is 8.33. The summed E-state index contributed by atoms with van der Waals surface area (Å²) in [5, 5.41) is 2.31. The minimum absolute atomic E-state index is 0.234. The summed E-state index contributed by atoms with van der Waals surface area (Å²) >= 11 is 0. The Balaban J connectivity index is 1.71. The summed E-state index contributed by atoms with van der Waals surface area (Å²) in [6, 6.07) is 17.1. The van der Waals surface area contributed by atoms with Crippen molar-refractivity contribution in [3.63, 3.8) is 0 Å². The summed E-state index contributed by atoms with van der Waals surface area (Å²) in [6.45, 7) is 8.84. The number of hydrogen-bond acceptors (Lipinski definition) is 3. The molecule has 1 atom stereocenters. The van der Waals surface area contributed by atoms with Crippen LogP contribution < -0.4 is 9.64 Å². The van der Waals surface area contributed by atoms with Crippen molar-refractivity contribution in [3.8, 4) is 5.75 Å². The molecule has 0 radical (unpaired) electrons. The van der Waals surface area contributed by atoms with Gasteiger partial charge in [0.15, 0.2) is 0 Å². The van der Waals surface area contributed by atoms with Crippen LogP contribution in [0.1, 0.15) is 30.5 Å². The maximum absolute atomic E-state index is 6.75. The van der Waals surface area contributed by atoms with E-state index >= 15 is 0 Å². The van der Waals surface area contributed by atoms with E-state index in [4.69, 9.17) is 9.73 Å². The molecule has 0 saturated carbocycles. The van der Waals surface area contributed by atoms with Crippen molar-refractivity contribution in [3.05, 3.63) is 65.2 Å². The monoisotopic (exact) mass is 356 g/mol. The molecule has 5 rings (SSSR count). The van der Waals surface area contributed by atoms with E-state index in [-0.39, 0.29) is 5.41 Å². The number of hydrogen-bond donors (Lipinski definition) is 0. The lowest BCUT2D eigenvalue weighted by Gasteiger charge is -2.45. The first kappa shape index (κ1) is 16.4. The van der Waals surface area contributed by atoms with Gasteiger partial charge in [-0.1, -0.05) is 36.4 Å². The summed E-state index contributed by atoms with van der Waals surface area (Å²) in [4.78, 5) is 7.19. The van der Waals surface area contributed by atoms with E-state index in [1.165, 1.54) is 27.8 Å². The number of aliphatic imine (C=N–C) groups is 1. The third-order valence-electron chi connectivity index (χ3n) is 6.54. The predicted octanol–water partition coefficient (Wildman–Crippen LogP) is 5.68. The van der Waals surface area contributed by atoms with E-state index in [0.29, 0.717) is 0 Å². The fourth-order valence-corrected chi connectivity index (χ4v) is 4.61. The van der Waals surface area contributed by atoms with Gasteiger partial charge in [-0.25, -0.2) is 0 Å². The van der Waals surface area contributed by atoms with Crippen molar-refractivity contribution in [2.24, 2.45) is 4.99 Å². The van der Waals surface area contributed by atoms with Gasteiger partial charge in [0.1, 0.15) is 11.4 Å². The van der Waals surface area contributed by atoms with Crippen LogP contribution in [0, 0.1) is 13.8 Å². The van der Waals surface area contributed by atoms with Crippen LogP contribution in [0.25, 0.3) is 10.8 Å². The average molecular weight is 356 g/mol. The summed E-state index contributed by atoms with van der Waals surface area (Å²) in [5.74, 6) is 0.845. The van der Waals surface area contributed by atoms with Crippen molar-refractivity contribution in [1.82, 2.24) is 0 Å². The van der Waals surface area contributed by atoms with Crippen molar-refractivity contribution in [2.45, 2.75) is 38.8 Å². The minimum atomic E-state index is -0.634. The molecular formula is C24H24N2O. The number of ether oxygens (including phenoxy) is 1. The zero-order valence-corrected chi connectivity index (χ0v) is 16.5. The largest absolute Gasteiger partial charge is 0.459 e. The van der Waals surface area contributed by atoms with Crippen molar-refractivity contribution in [1.29, 1.82) is 0 Å². The Kier molecular flexibility index (Phi) is 3.11. The molecular weight excluding hydrogens is 332 g/mol. The van der Waals surface area contributed by atoms with Gasteiger partial charge in [0.25, 0.3) is 0 Å².